The van der Waals surface area contributed by atoms with Gasteiger partial charge in [-0.2, -0.15) is 0 Å². The second-order valence-corrected chi connectivity index (χ2v) is 6.36. The highest BCUT2D eigenvalue weighted by Crippen LogP contribution is 2.11. The third-order valence-corrected chi connectivity index (χ3v) is 3.98. The fraction of sp³-hybridized carbons (Fsp3) is 0.769. The Kier molecular flexibility index (Phi) is 6.51. The third kappa shape index (κ3) is 5.32. The van der Waals surface area contributed by atoms with E-state index in [4.69, 9.17) is 5.14 Å². The van der Waals surface area contributed by atoms with Crippen LogP contribution in [0, 0.1) is 0 Å². The van der Waals surface area contributed by atoms with Gasteiger partial charge in [0.05, 0.1) is 0 Å². The van der Waals surface area contributed by atoms with Crippen molar-refractivity contribution in [3.8, 4) is 0 Å². The van der Waals surface area contributed by atoms with Crippen molar-refractivity contribution in [2.24, 2.45) is 5.14 Å². The van der Waals surface area contributed by atoms with Crippen LogP contribution < -0.4 is 5.14 Å². The molecule has 0 radical (unpaired) electrons. The fourth-order valence-electron chi connectivity index (χ4n) is 2.10. The van der Waals surface area contributed by atoms with Gasteiger partial charge in [0.2, 0.25) is 0 Å². The summed E-state index contributed by atoms with van der Waals surface area (Å²) in [5.74, 6) is 0.789. The van der Waals surface area contributed by atoms with Crippen molar-refractivity contribution in [3.05, 3.63) is 12.0 Å². The van der Waals surface area contributed by atoms with Crippen LogP contribution in [0.25, 0.3) is 0 Å². The summed E-state index contributed by atoms with van der Waals surface area (Å²) in [6.45, 7) is 4.98. The second-order valence-electron chi connectivity index (χ2n) is 4.86. The second kappa shape index (κ2) is 7.65. The lowest BCUT2D eigenvalue weighted by atomic mass is 10.1. The summed E-state index contributed by atoms with van der Waals surface area (Å²) in [7, 11) is -3.69. The molecule has 19 heavy (non-hydrogen) atoms. The number of nitrogens with two attached hydrogens (primary N) is 1. The van der Waals surface area contributed by atoms with Crippen molar-refractivity contribution in [2.75, 3.05) is 0 Å². The van der Waals surface area contributed by atoms with Gasteiger partial charge in [-0.15, -0.1) is 0 Å². The number of hydrogen-bond donors (Lipinski definition) is 1. The van der Waals surface area contributed by atoms with Crippen LogP contribution in [0.4, 0.5) is 0 Å². The van der Waals surface area contributed by atoms with Crippen LogP contribution in [0.5, 0.6) is 0 Å². The third-order valence-electron chi connectivity index (χ3n) is 3.20. The standard InChI is InChI=1S/C13H25N3O2S/c1-3-5-6-7-8-9-10-16-11-13(19(14,17)18)15-12(16)4-2/h11H,3-10H2,1-2H3,(H2,14,17,18). The molecule has 6 heteroatoms. The van der Waals surface area contributed by atoms with Crippen LogP contribution in [0.2, 0.25) is 0 Å². The average molecular weight is 287 g/mol. The molecule has 110 valence electrons. The van der Waals surface area contributed by atoms with E-state index < -0.39 is 10.0 Å². The number of sulfonamides is 1. The van der Waals surface area contributed by atoms with Crippen LogP contribution in [0.15, 0.2) is 11.2 Å². The molecule has 0 unspecified atom stereocenters. The first-order chi connectivity index (χ1) is 8.99. The molecule has 1 heterocycles. The number of nitrogens with zero attached hydrogens (tertiary/aromatic N) is 2. The van der Waals surface area contributed by atoms with Gasteiger partial charge in [-0.3, -0.25) is 0 Å². The minimum absolute atomic E-state index is 0.0182. The number of hydrogen-bond acceptors (Lipinski definition) is 3. The first-order valence-corrected chi connectivity index (χ1v) is 8.62. The molecular formula is C13H25N3O2S. The largest absolute Gasteiger partial charge is 0.333 e. The quantitative estimate of drug-likeness (QED) is 0.709. The molecule has 0 saturated carbocycles. The first kappa shape index (κ1) is 16.2. The Morgan fingerprint density at radius 1 is 1.16 bits per heavy atom. The highest BCUT2D eigenvalue weighted by atomic mass is 32.2. The van der Waals surface area contributed by atoms with E-state index >= 15 is 0 Å². The lowest BCUT2D eigenvalue weighted by Gasteiger charge is -2.05. The number of aryl methyl sites for hydroxylation is 2. The van der Waals surface area contributed by atoms with Gasteiger partial charge in [-0.05, 0) is 6.42 Å². The Bertz CT molecular complexity index is 480. The predicted molar refractivity (Wildman–Crippen MR) is 76.4 cm³/mol. The van der Waals surface area contributed by atoms with E-state index in [2.05, 4.69) is 11.9 Å². The highest BCUT2D eigenvalue weighted by Gasteiger charge is 2.15. The molecule has 0 atom stereocenters. The molecule has 0 spiro atoms. The molecule has 0 aliphatic heterocycles. The molecule has 1 aromatic rings. The minimum Gasteiger partial charge on any atom is -0.333 e. The molecule has 0 aromatic carbocycles. The molecule has 0 saturated heterocycles. The van der Waals surface area contributed by atoms with E-state index in [-0.39, 0.29) is 5.03 Å². The van der Waals surface area contributed by atoms with Crippen molar-refractivity contribution in [1.29, 1.82) is 0 Å². The molecule has 0 aliphatic rings. The molecule has 0 fully saturated rings. The molecule has 1 aromatic heterocycles. The summed E-state index contributed by atoms with van der Waals surface area (Å²) in [6.07, 6.45) is 9.56. The lowest BCUT2D eigenvalue weighted by Crippen LogP contribution is -2.12. The van der Waals surface area contributed by atoms with Crippen molar-refractivity contribution >= 4 is 10.0 Å². The Labute approximate surface area is 116 Å². The van der Waals surface area contributed by atoms with Crippen molar-refractivity contribution in [2.45, 2.75) is 70.4 Å². The molecular weight excluding hydrogens is 262 g/mol. The highest BCUT2D eigenvalue weighted by molar-refractivity contribution is 7.89. The number of aromatic nitrogens is 2. The average Bonchev–Trinajstić information content (AvgIpc) is 2.76. The Hall–Kier alpha value is -0.880. The number of rotatable bonds is 9. The summed E-state index contributed by atoms with van der Waals surface area (Å²) < 4.78 is 24.4. The number of primary sulfonamides is 1. The van der Waals surface area contributed by atoms with Gasteiger partial charge >= 0.3 is 0 Å². The van der Waals surface area contributed by atoms with Gasteiger partial charge in [-0.25, -0.2) is 18.5 Å². The van der Waals surface area contributed by atoms with Gasteiger partial charge in [0.25, 0.3) is 10.0 Å². The van der Waals surface area contributed by atoms with E-state index in [9.17, 15) is 8.42 Å². The zero-order chi connectivity index (χ0) is 14.3. The zero-order valence-electron chi connectivity index (χ0n) is 11.9. The molecule has 2 N–H and O–H groups in total. The maximum atomic E-state index is 11.3. The normalized spacial score (nSPS) is 11.9. The van der Waals surface area contributed by atoms with E-state index in [1.807, 2.05) is 11.5 Å². The van der Waals surface area contributed by atoms with Gasteiger partial charge in [0.1, 0.15) is 5.82 Å². The topological polar surface area (TPSA) is 78.0 Å². The van der Waals surface area contributed by atoms with E-state index in [1.165, 1.54) is 32.1 Å². The summed E-state index contributed by atoms with van der Waals surface area (Å²) in [5, 5.41) is 5.08. The number of imidazole rings is 1. The predicted octanol–water partition coefficient (Wildman–Crippen LogP) is 2.45. The maximum absolute atomic E-state index is 11.3. The van der Waals surface area contributed by atoms with Crippen LogP contribution in [0.3, 0.4) is 0 Å². The van der Waals surface area contributed by atoms with Gasteiger partial charge < -0.3 is 4.57 Å². The summed E-state index contributed by atoms with van der Waals surface area (Å²) >= 11 is 0. The lowest BCUT2D eigenvalue weighted by molar-refractivity contribution is 0.547. The van der Waals surface area contributed by atoms with Crippen LogP contribution in [0.1, 0.15) is 58.2 Å². The van der Waals surface area contributed by atoms with Gasteiger partial charge in [-0.1, -0.05) is 46.0 Å². The van der Waals surface area contributed by atoms with E-state index in [0.717, 1.165) is 18.8 Å². The van der Waals surface area contributed by atoms with Crippen LogP contribution in [-0.2, 0) is 23.0 Å². The summed E-state index contributed by atoms with van der Waals surface area (Å²) in [5.41, 5.74) is 0. The zero-order valence-corrected chi connectivity index (χ0v) is 12.7. The van der Waals surface area contributed by atoms with Crippen molar-refractivity contribution < 1.29 is 8.42 Å². The monoisotopic (exact) mass is 287 g/mol. The minimum atomic E-state index is -3.69. The number of unbranched alkanes of at least 4 members (excludes halogenated alkanes) is 5. The molecule has 1 rings (SSSR count). The fourth-order valence-corrected chi connectivity index (χ4v) is 2.61. The van der Waals surface area contributed by atoms with Crippen molar-refractivity contribution in [3.63, 3.8) is 0 Å². The van der Waals surface area contributed by atoms with E-state index in [1.54, 1.807) is 6.20 Å². The maximum Gasteiger partial charge on any atom is 0.257 e. The molecule has 5 nitrogen and oxygen atoms in total. The van der Waals surface area contributed by atoms with Gasteiger partial charge in [0, 0.05) is 19.2 Å². The van der Waals surface area contributed by atoms with Crippen LogP contribution >= 0.6 is 0 Å². The summed E-state index contributed by atoms with van der Waals surface area (Å²) in [6, 6.07) is 0. The Balaban J connectivity index is 2.51. The Morgan fingerprint density at radius 2 is 1.79 bits per heavy atom. The van der Waals surface area contributed by atoms with E-state index in [0.29, 0.717) is 6.42 Å². The Morgan fingerprint density at radius 3 is 2.37 bits per heavy atom. The smallest absolute Gasteiger partial charge is 0.257 e. The van der Waals surface area contributed by atoms with Gasteiger partial charge in [0.15, 0.2) is 5.03 Å². The summed E-state index contributed by atoms with van der Waals surface area (Å²) in [4.78, 5) is 4.08. The van der Waals surface area contributed by atoms with Crippen molar-refractivity contribution in [1.82, 2.24) is 9.55 Å². The SMILES string of the molecule is CCCCCCCCn1cc(S(N)(=O)=O)nc1CC. The molecule has 0 bridgehead atoms. The van der Waals surface area contributed by atoms with Crippen LogP contribution in [-0.4, -0.2) is 18.0 Å². The first-order valence-electron chi connectivity index (χ1n) is 7.07. The molecule has 0 aliphatic carbocycles. The molecule has 0 amide bonds.